The van der Waals surface area contributed by atoms with Crippen LogP contribution in [-0.2, 0) is 0 Å². The number of H-pyrrole nitrogens is 1. The smallest absolute Gasteiger partial charge is 0.274 e. The van der Waals surface area contributed by atoms with E-state index in [9.17, 15) is 4.79 Å². The van der Waals surface area contributed by atoms with Gasteiger partial charge < -0.3 is 16.2 Å². The molecule has 0 fully saturated rings. The molecule has 0 radical (unpaired) electrons. The molecule has 1 aromatic heterocycles. The lowest BCUT2D eigenvalue weighted by Gasteiger charge is -2.14. The van der Waals surface area contributed by atoms with Crippen LogP contribution in [0.4, 0.5) is 5.69 Å². The van der Waals surface area contributed by atoms with Gasteiger partial charge in [-0.2, -0.15) is 5.10 Å². The summed E-state index contributed by atoms with van der Waals surface area (Å²) in [5.74, 6) is -0.102. The van der Waals surface area contributed by atoms with E-state index in [1.165, 1.54) is 0 Å². The zero-order valence-electron chi connectivity index (χ0n) is 11.2. The number of nitrogen functional groups attached to an aromatic ring is 1. The number of aromatic amines is 1. The minimum Gasteiger partial charge on any atom is -0.396 e. The number of aliphatic hydroxyl groups excluding tert-OH is 1. The molecule has 0 spiro atoms. The van der Waals surface area contributed by atoms with E-state index in [0.29, 0.717) is 12.1 Å². The van der Waals surface area contributed by atoms with Crippen LogP contribution in [0.1, 0.15) is 55.7 Å². The molecule has 1 aromatic rings. The molecular weight excluding hydrogens is 232 g/mol. The fourth-order valence-corrected chi connectivity index (χ4v) is 1.77. The van der Waals surface area contributed by atoms with E-state index in [4.69, 9.17) is 10.8 Å². The minimum absolute atomic E-state index is 0.0477. The summed E-state index contributed by atoms with van der Waals surface area (Å²) in [5, 5.41) is 18.5. The van der Waals surface area contributed by atoms with Crippen LogP contribution < -0.4 is 11.1 Å². The summed E-state index contributed by atoms with van der Waals surface area (Å²) >= 11 is 0. The third-order valence-corrected chi connectivity index (χ3v) is 2.93. The van der Waals surface area contributed by atoms with Crippen molar-refractivity contribution in [3.63, 3.8) is 0 Å². The first kappa shape index (κ1) is 14.5. The number of aromatic nitrogens is 2. The number of hydrogen-bond acceptors (Lipinski definition) is 4. The molecule has 1 rings (SSSR count). The van der Waals surface area contributed by atoms with Gasteiger partial charge in [0.15, 0.2) is 5.69 Å². The van der Waals surface area contributed by atoms with Crippen LogP contribution in [0.5, 0.6) is 0 Å². The lowest BCUT2D eigenvalue weighted by molar-refractivity contribution is 0.0925. The number of nitrogens with two attached hydrogens (primary N) is 1. The molecule has 5 N–H and O–H groups in total. The maximum Gasteiger partial charge on any atom is 0.274 e. The number of anilines is 1. The molecule has 1 heterocycles. The van der Waals surface area contributed by atoms with E-state index in [0.717, 1.165) is 12.1 Å². The molecule has 1 amide bonds. The Hall–Kier alpha value is -1.56. The Labute approximate surface area is 107 Å². The van der Waals surface area contributed by atoms with Crippen LogP contribution in [0.25, 0.3) is 0 Å². The highest BCUT2D eigenvalue weighted by Gasteiger charge is 2.20. The maximum atomic E-state index is 12.0. The first-order valence-corrected chi connectivity index (χ1v) is 6.26. The van der Waals surface area contributed by atoms with Gasteiger partial charge in [0.05, 0.1) is 11.4 Å². The summed E-state index contributed by atoms with van der Waals surface area (Å²) in [6, 6.07) is -0.0545. The molecule has 0 saturated carbocycles. The number of rotatable bonds is 6. The van der Waals surface area contributed by atoms with Crippen molar-refractivity contribution in [1.82, 2.24) is 15.5 Å². The van der Waals surface area contributed by atoms with Gasteiger partial charge in [0.2, 0.25) is 0 Å². The van der Waals surface area contributed by atoms with E-state index in [-0.39, 0.29) is 30.2 Å². The molecular formula is C12H22N4O2. The molecule has 18 heavy (non-hydrogen) atoms. The zero-order valence-corrected chi connectivity index (χ0v) is 11.2. The molecule has 0 aliphatic heterocycles. The van der Waals surface area contributed by atoms with Gasteiger partial charge in [-0.05, 0) is 18.8 Å². The van der Waals surface area contributed by atoms with Crippen molar-refractivity contribution in [3.05, 3.63) is 11.4 Å². The van der Waals surface area contributed by atoms with Gasteiger partial charge in [-0.25, -0.2) is 0 Å². The first-order chi connectivity index (χ1) is 8.51. The van der Waals surface area contributed by atoms with Crippen molar-refractivity contribution >= 4 is 11.6 Å². The zero-order chi connectivity index (χ0) is 13.7. The van der Waals surface area contributed by atoms with E-state index >= 15 is 0 Å². The van der Waals surface area contributed by atoms with Crippen LogP contribution in [-0.4, -0.2) is 33.9 Å². The van der Waals surface area contributed by atoms with Crippen molar-refractivity contribution < 1.29 is 9.90 Å². The predicted octanol–water partition coefficient (Wildman–Crippen LogP) is 1.01. The van der Waals surface area contributed by atoms with Gasteiger partial charge >= 0.3 is 0 Å². The molecule has 0 bridgehead atoms. The lowest BCUT2D eigenvalue weighted by Crippen LogP contribution is -2.35. The summed E-state index contributed by atoms with van der Waals surface area (Å²) in [4.78, 5) is 12.0. The van der Waals surface area contributed by atoms with Crippen LogP contribution in [0.3, 0.4) is 0 Å². The van der Waals surface area contributed by atoms with E-state index in [1.54, 1.807) is 0 Å². The summed E-state index contributed by atoms with van der Waals surface area (Å²) in [7, 11) is 0. The number of carbonyl (C=O) groups is 1. The Balaban J connectivity index is 2.78. The Kier molecular flexibility index (Phi) is 5.15. The van der Waals surface area contributed by atoms with E-state index < -0.39 is 0 Å². The Morgan fingerprint density at radius 3 is 2.67 bits per heavy atom. The second-order valence-electron chi connectivity index (χ2n) is 4.65. The van der Waals surface area contributed by atoms with Gasteiger partial charge in [-0.3, -0.25) is 9.89 Å². The summed E-state index contributed by atoms with van der Waals surface area (Å²) < 4.78 is 0. The molecule has 6 nitrogen and oxygen atoms in total. The quantitative estimate of drug-likeness (QED) is 0.608. The average Bonchev–Trinajstić information content (AvgIpc) is 2.70. The predicted molar refractivity (Wildman–Crippen MR) is 70.3 cm³/mol. The Morgan fingerprint density at radius 1 is 1.56 bits per heavy atom. The van der Waals surface area contributed by atoms with Crippen LogP contribution in [0.2, 0.25) is 0 Å². The van der Waals surface area contributed by atoms with Gasteiger partial charge in [0.1, 0.15) is 0 Å². The maximum absolute atomic E-state index is 12.0. The number of amides is 1. The molecule has 6 heteroatoms. The highest BCUT2D eigenvalue weighted by atomic mass is 16.3. The molecule has 0 aliphatic carbocycles. The Bertz CT molecular complexity index is 401. The molecule has 1 atom stereocenters. The molecule has 102 valence electrons. The topological polar surface area (TPSA) is 104 Å². The van der Waals surface area contributed by atoms with Crippen LogP contribution >= 0.6 is 0 Å². The van der Waals surface area contributed by atoms with E-state index in [1.807, 2.05) is 20.8 Å². The molecule has 0 aromatic carbocycles. The largest absolute Gasteiger partial charge is 0.396 e. The van der Waals surface area contributed by atoms with E-state index in [2.05, 4.69) is 15.5 Å². The number of nitrogens with one attached hydrogen (secondary N) is 2. The number of aliphatic hydroxyl groups is 1. The van der Waals surface area contributed by atoms with Crippen molar-refractivity contribution in [2.75, 3.05) is 12.3 Å². The highest BCUT2D eigenvalue weighted by Crippen LogP contribution is 2.22. The number of nitrogens with zero attached hydrogens (tertiary/aromatic N) is 1. The lowest BCUT2D eigenvalue weighted by atomic mass is 10.1. The average molecular weight is 254 g/mol. The van der Waals surface area contributed by atoms with Gasteiger partial charge in [0.25, 0.3) is 5.91 Å². The fraction of sp³-hybridized carbons (Fsp3) is 0.667. The third kappa shape index (κ3) is 3.22. The SMILES string of the molecule is CCC(CCO)NC(=O)c1n[nH]c(C(C)C)c1N. The van der Waals surface area contributed by atoms with Gasteiger partial charge in [0, 0.05) is 12.6 Å². The third-order valence-electron chi connectivity index (χ3n) is 2.93. The van der Waals surface area contributed by atoms with Crippen LogP contribution in [0.15, 0.2) is 0 Å². The van der Waals surface area contributed by atoms with Crippen molar-refractivity contribution in [3.8, 4) is 0 Å². The second kappa shape index (κ2) is 6.39. The minimum atomic E-state index is -0.295. The normalized spacial score (nSPS) is 12.7. The standard InChI is InChI=1S/C12H22N4O2/c1-4-8(5-6-17)14-12(18)11-9(13)10(7(2)3)15-16-11/h7-8,17H,4-6,13H2,1-3H3,(H,14,18)(H,15,16). The molecule has 1 unspecified atom stereocenters. The fourth-order valence-electron chi connectivity index (χ4n) is 1.77. The highest BCUT2D eigenvalue weighted by molar-refractivity contribution is 5.97. The van der Waals surface area contributed by atoms with Crippen molar-refractivity contribution in [2.45, 2.75) is 45.6 Å². The second-order valence-corrected chi connectivity index (χ2v) is 4.65. The summed E-state index contributed by atoms with van der Waals surface area (Å²) in [5.41, 5.74) is 7.30. The van der Waals surface area contributed by atoms with Crippen molar-refractivity contribution in [1.29, 1.82) is 0 Å². The Morgan fingerprint density at radius 2 is 2.22 bits per heavy atom. The van der Waals surface area contributed by atoms with Crippen LogP contribution in [0, 0.1) is 0 Å². The monoisotopic (exact) mass is 254 g/mol. The summed E-state index contributed by atoms with van der Waals surface area (Å²) in [6.07, 6.45) is 1.29. The van der Waals surface area contributed by atoms with Gasteiger partial charge in [-0.15, -0.1) is 0 Å². The summed E-state index contributed by atoms with van der Waals surface area (Å²) in [6.45, 7) is 5.96. The number of carbonyl (C=O) groups excluding carboxylic acids is 1. The van der Waals surface area contributed by atoms with Crippen molar-refractivity contribution in [2.24, 2.45) is 0 Å². The first-order valence-electron chi connectivity index (χ1n) is 6.26. The molecule has 0 aliphatic rings. The van der Waals surface area contributed by atoms with Gasteiger partial charge in [-0.1, -0.05) is 20.8 Å². The molecule has 0 saturated heterocycles. The number of hydrogen-bond donors (Lipinski definition) is 4.